The second-order valence-corrected chi connectivity index (χ2v) is 5.80. The van der Waals surface area contributed by atoms with Crippen LogP contribution in [0.5, 0.6) is 5.75 Å². The van der Waals surface area contributed by atoms with Gasteiger partial charge in [0, 0.05) is 17.7 Å². The smallest absolute Gasteiger partial charge is 0.272 e. The maximum absolute atomic E-state index is 14.2. The van der Waals surface area contributed by atoms with Crippen LogP contribution in [0.1, 0.15) is 31.2 Å². The molecule has 0 bridgehead atoms. The number of ether oxygens (including phenoxy) is 1. The summed E-state index contributed by atoms with van der Waals surface area (Å²) >= 11 is 0. The molecule has 24 heavy (non-hydrogen) atoms. The molecule has 0 radical (unpaired) electrons. The fourth-order valence-electron chi connectivity index (χ4n) is 3.13. The quantitative estimate of drug-likeness (QED) is 0.591. The highest BCUT2D eigenvalue weighted by Crippen LogP contribution is 2.44. The van der Waals surface area contributed by atoms with E-state index in [2.05, 4.69) is 0 Å². The second-order valence-electron chi connectivity index (χ2n) is 5.80. The van der Waals surface area contributed by atoms with Gasteiger partial charge in [-0.15, -0.1) is 0 Å². The maximum atomic E-state index is 14.2. The van der Waals surface area contributed by atoms with Crippen LogP contribution in [0, 0.1) is 27.6 Å². The Morgan fingerprint density at radius 3 is 2.29 bits per heavy atom. The van der Waals surface area contributed by atoms with E-state index in [0.29, 0.717) is 12.8 Å². The minimum Gasteiger partial charge on any atom is -0.479 e. The highest BCUT2D eigenvalue weighted by atomic mass is 19.1. The Morgan fingerprint density at radius 1 is 1.00 bits per heavy atom. The van der Waals surface area contributed by atoms with Crippen molar-refractivity contribution in [3.8, 4) is 5.75 Å². The summed E-state index contributed by atoms with van der Waals surface area (Å²) in [6.07, 6.45) is 2.41. The Morgan fingerprint density at radius 2 is 1.71 bits per heavy atom. The van der Waals surface area contributed by atoms with Gasteiger partial charge in [-0.3, -0.25) is 10.1 Å². The van der Waals surface area contributed by atoms with Gasteiger partial charge in [0.05, 0.1) is 11.0 Å². The van der Waals surface area contributed by atoms with Gasteiger partial charge >= 0.3 is 0 Å². The summed E-state index contributed by atoms with van der Waals surface area (Å²) in [5, 5.41) is 10.7. The number of non-ortho nitro benzene ring substituents is 1. The fraction of sp³-hybridized carbons (Fsp3) is 0.294. The van der Waals surface area contributed by atoms with Gasteiger partial charge in [-0.25, -0.2) is 13.2 Å². The Kier molecular flexibility index (Phi) is 4.17. The van der Waals surface area contributed by atoms with Crippen molar-refractivity contribution >= 4 is 5.69 Å². The van der Waals surface area contributed by atoms with E-state index in [1.54, 1.807) is 0 Å². The summed E-state index contributed by atoms with van der Waals surface area (Å²) in [6, 6.07) is 6.26. The SMILES string of the molecule is O=[N+]([O-])c1ccc(OC2(c3ccc(F)cc3F)CCCC2)c(F)c1. The molecule has 0 atom stereocenters. The van der Waals surface area contributed by atoms with Crippen molar-refractivity contribution in [1.82, 2.24) is 0 Å². The van der Waals surface area contributed by atoms with Gasteiger partial charge in [-0.1, -0.05) is 0 Å². The molecule has 0 heterocycles. The predicted molar refractivity (Wildman–Crippen MR) is 80.2 cm³/mol. The molecule has 0 spiro atoms. The van der Waals surface area contributed by atoms with E-state index in [0.717, 1.165) is 43.2 Å². The van der Waals surface area contributed by atoms with Crippen molar-refractivity contribution in [2.24, 2.45) is 0 Å². The number of rotatable bonds is 4. The van der Waals surface area contributed by atoms with Crippen molar-refractivity contribution < 1.29 is 22.8 Å². The lowest BCUT2D eigenvalue weighted by Crippen LogP contribution is -2.31. The lowest BCUT2D eigenvalue weighted by Gasteiger charge is -2.31. The monoisotopic (exact) mass is 337 g/mol. The first-order valence-corrected chi connectivity index (χ1v) is 7.50. The number of hydrogen-bond donors (Lipinski definition) is 0. The third-order valence-electron chi connectivity index (χ3n) is 4.26. The summed E-state index contributed by atoms with van der Waals surface area (Å²) in [7, 11) is 0. The fourth-order valence-corrected chi connectivity index (χ4v) is 3.13. The van der Waals surface area contributed by atoms with E-state index < -0.39 is 33.7 Å². The molecule has 0 aliphatic heterocycles. The van der Waals surface area contributed by atoms with E-state index in [9.17, 15) is 23.3 Å². The van der Waals surface area contributed by atoms with E-state index in [4.69, 9.17) is 4.74 Å². The molecule has 0 N–H and O–H groups in total. The van der Waals surface area contributed by atoms with Gasteiger partial charge in [0.1, 0.15) is 17.2 Å². The minimum absolute atomic E-state index is 0.166. The molecule has 1 aliphatic rings. The van der Waals surface area contributed by atoms with Gasteiger partial charge in [0.15, 0.2) is 11.6 Å². The molecule has 1 saturated carbocycles. The number of nitrogens with zero attached hydrogens (tertiary/aromatic N) is 1. The number of nitro benzene ring substituents is 1. The summed E-state index contributed by atoms with van der Waals surface area (Å²) in [5.74, 6) is -2.53. The highest BCUT2D eigenvalue weighted by molar-refractivity contribution is 5.39. The molecule has 1 fully saturated rings. The van der Waals surface area contributed by atoms with E-state index in [-0.39, 0.29) is 11.3 Å². The first-order valence-electron chi connectivity index (χ1n) is 7.50. The molecule has 2 aromatic carbocycles. The maximum Gasteiger partial charge on any atom is 0.272 e. The van der Waals surface area contributed by atoms with Crippen LogP contribution >= 0.6 is 0 Å². The summed E-state index contributed by atoms with van der Waals surface area (Å²) in [5.41, 5.74) is -1.33. The minimum atomic E-state index is -1.10. The van der Waals surface area contributed by atoms with Crippen molar-refractivity contribution in [3.05, 3.63) is 69.5 Å². The van der Waals surface area contributed by atoms with Gasteiger partial charge in [-0.2, -0.15) is 0 Å². The standard InChI is InChI=1S/C17H14F3NO3/c18-11-3-5-13(14(19)9-11)17(7-1-2-8-17)24-16-6-4-12(21(22)23)10-15(16)20/h3-6,9-10H,1-2,7-8H2. The number of benzene rings is 2. The normalized spacial score (nSPS) is 16.1. The van der Waals surface area contributed by atoms with Crippen molar-refractivity contribution in [3.63, 3.8) is 0 Å². The first kappa shape index (κ1) is 16.3. The van der Waals surface area contributed by atoms with Crippen LogP contribution in [-0.2, 0) is 5.60 Å². The molecule has 0 unspecified atom stereocenters. The highest BCUT2D eigenvalue weighted by Gasteiger charge is 2.40. The summed E-state index contributed by atoms with van der Waals surface area (Å²) in [6.45, 7) is 0. The van der Waals surface area contributed by atoms with E-state index >= 15 is 0 Å². The zero-order valence-corrected chi connectivity index (χ0v) is 12.6. The lowest BCUT2D eigenvalue weighted by atomic mass is 9.91. The molecule has 0 aromatic heterocycles. The third kappa shape index (κ3) is 2.93. The van der Waals surface area contributed by atoms with Gasteiger partial charge in [-0.05, 0) is 43.9 Å². The van der Waals surface area contributed by atoms with Crippen LogP contribution < -0.4 is 4.74 Å². The summed E-state index contributed by atoms with van der Waals surface area (Å²) in [4.78, 5) is 9.97. The van der Waals surface area contributed by atoms with Crippen LogP contribution in [0.4, 0.5) is 18.9 Å². The zero-order chi connectivity index (χ0) is 17.3. The average Bonchev–Trinajstić information content (AvgIpc) is 2.98. The van der Waals surface area contributed by atoms with E-state index in [1.165, 1.54) is 6.07 Å². The first-order chi connectivity index (χ1) is 11.4. The molecule has 7 heteroatoms. The Bertz CT molecular complexity index is 789. The van der Waals surface area contributed by atoms with Crippen molar-refractivity contribution in [1.29, 1.82) is 0 Å². The Labute approximate surface area is 136 Å². The third-order valence-corrected chi connectivity index (χ3v) is 4.26. The largest absolute Gasteiger partial charge is 0.479 e. The van der Waals surface area contributed by atoms with Crippen LogP contribution in [-0.4, -0.2) is 4.92 Å². The number of halogens is 3. The summed E-state index contributed by atoms with van der Waals surface area (Å²) < 4.78 is 47.3. The molecule has 0 saturated heterocycles. The van der Waals surface area contributed by atoms with E-state index in [1.807, 2.05) is 0 Å². The molecule has 126 valence electrons. The van der Waals surface area contributed by atoms with Gasteiger partial charge in [0.2, 0.25) is 0 Å². The zero-order valence-electron chi connectivity index (χ0n) is 12.6. The molecule has 0 amide bonds. The average molecular weight is 337 g/mol. The lowest BCUT2D eigenvalue weighted by molar-refractivity contribution is -0.385. The van der Waals surface area contributed by atoms with Crippen LogP contribution in [0.15, 0.2) is 36.4 Å². The van der Waals surface area contributed by atoms with Crippen molar-refractivity contribution in [2.75, 3.05) is 0 Å². The van der Waals surface area contributed by atoms with Crippen molar-refractivity contribution in [2.45, 2.75) is 31.3 Å². The Balaban J connectivity index is 1.99. The van der Waals surface area contributed by atoms with Crippen LogP contribution in [0.3, 0.4) is 0 Å². The molecule has 4 nitrogen and oxygen atoms in total. The molecular weight excluding hydrogens is 323 g/mol. The van der Waals surface area contributed by atoms with Gasteiger partial charge in [0.25, 0.3) is 5.69 Å². The Hall–Kier alpha value is -2.57. The molecular formula is C17H14F3NO3. The van der Waals surface area contributed by atoms with Gasteiger partial charge < -0.3 is 4.74 Å². The van der Waals surface area contributed by atoms with Crippen LogP contribution in [0.25, 0.3) is 0 Å². The number of hydrogen-bond acceptors (Lipinski definition) is 3. The second kappa shape index (κ2) is 6.14. The topological polar surface area (TPSA) is 52.4 Å². The predicted octanol–water partition coefficient (Wildman–Crippen LogP) is 4.86. The number of nitro groups is 1. The molecule has 1 aliphatic carbocycles. The van der Waals surface area contributed by atoms with Crippen LogP contribution in [0.2, 0.25) is 0 Å². The molecule has 3 rings (SSSR count). The molecule has 2 aromatic rings.